The molecule has 2 unspecified atom stereocenters. The lowest BCUT2D eigenvalue weighted by Gasteiger charge is -2.34. The lowest BCUT2D eigenvalue weighted by atomic mass is 9.94. The van der Waals surface area contributed by atoms with Crippen molar-refractivity contribution in [2.24, 2.45) is 11.8 Å². The average Bonchev–Trinajstić information content (AvgIpc) is 3.28. The van der Waals surface area contributed by atoms with Crippen molar-refractivity contribution in [3.05, 3.63) is 53.1 Å². The highest BCUT2D eigenvalue weighted by atomic mass is 32.2. The molecular formula is C29H40N4O3S2. The van der Waals surface area contributed by atoms with E-state index in [2.05, 4.69) is 58.6 Å². The first-order chi connectivity index (χ1) is 18.0. The Morgan fingerprint density at radius 1 is 1.00 bits per heavy atom. The summed E-state index contributed by atoms with van der Waals surface area (Å²) in [4.78, 5) is 22.9. The van der Waals surface area contributed by atoms with E-state index in [-0.39, 0.29) is 10.8 Å². The molecule has 1 aromatic heterocycles. The second-order valence-electron chi connectivity index (χ2n) is 10.7. The quantitative estimate of drug-likeness (QED) is 0.345. The highest BCUT2D eigenvalue weighted by Gasteiger charge is 2.32. The number of fused-ring (bicyclic) bond motifs is 1. The number of sulfonamides is 1. The van der Waals surface area contributed by atoms with Gasteiger partial charge in [-0.2, -0.15) is 4.31 Å². The number of piperidine rings is 1. The Balaban J connectivity index is 1.62. The number of amides is 1. The van der Waals surface area contributed by atoms with Gasteiger partial charge in [0.1, 0.15) is 0 Å². The maximum absolute atomic E-state index is 13.8. The van der Waals surface area contributed by atoms with Gasteiger partial charge in [0.25, 0.3) is 5.91 Å². The van der Waals surface area contributed by atoms with E-state index >= 15 is 0 Å². The minimum absolute atomic E-state index is 0.172. The van der Waals surface area contributed by atoms with Crippen molar-refractivity contribution >= 4 is 42.6 Å². The first-order valence-electron chi connectivity index (χ1n) is 13.6. The van der Waals surface area contributed by atoms with Crippen LogP contribution in [-0.2, 0) is 10.0 Å². The maximum Gasteiger partial charge on any atom is 0.260 e. The van der Waals surface area contributed by atoms with Crippen molar-refractivity contribution in [2.75, 3.05) is 44.2 Å². The SMILES string of the molecule is CCN(CC)CCN(C(=O)c1ccc(S(=O)(=O)N2CC(C)CC(C)C2)cc1)c1nc2cc(C)c(C)cc2s1. The molecule has 1 saturated heterocycles. The zero-order valence-corrected chi connectivity index (χ0v) is 25.0. The standard InChI is InChI=1S/C29H40N4O3S2/c1-7-31(8-2)13-14-33(29-30-26-16-22(5)23(6)17-27(26)37-29)28(34)24-9-11-25(12-10-24)38(35,36)32-18-20(3)15-21(4)19-32/h9-12,16-17,20-21H,7-8,13-15,18-19H2,1-6H3. The summed E-state index contributed by atoms with van der Waals surface area (Å²) in [5, 5.41) is 0.662. The number of aryl methyl sites for hydroxylation is 2. The topological polar surface area (TPSA) is 73.8 Å². The van der Waals surface area contributed by atoms with E-state index in [1.54, 1.807) is 33.5 Å². The van der Waals surface area contributed by atoms with Gasteiger partial charge in [0, 0.05) is 31.7 Å². The summed E-state index contributed by atoms with van der Waals surface area (Å²) in [6.45, 7) is 16.7. The smallest absolute Gasteiger partial charge is 0.260 e. The zero-order chi connectivity index (χ0) is 27.6. The van der Waals surface area contributed by atoms with Crippen LogP contribution in [-0.4, -0.2) is 67.8 Å². The van der Waals surface area contributed by atoms with Gasteiger partial charge in [-0.3, -0.25) is 9.69 Å². The molecule has 1 aliphatic rings. The Hall–Kier alpha value is -2.33. The Morgan fingerprint density at radius 3 is 2.21 bits per heavy atom. The molecule has 4 rings (SSSR count). The maximum atomic E-state index is 13.8. The summed E-state index contributed by atoms with van der Waals surface area (Å²) >= 11 is 1.52. The molecule has 1 amide bonds. The van der Waals surface area contributed by atoms with Gasteiger partial charge in [0.05, 0.1) is 15.1 Å². The van der Waals surface area contributed by atoms with Crippen molar-refractivity contribution in [3.63, 3.8) is 0 Å². The van der Waals surface area contributed by atoms with E-state index in [9.17, 15) is 13.2 Å². The fraction of sp³-hybridized carbons (Fsp3) is 0.517. The van der Waals surface area contributed by atoms with Gasteiger partial charge < -0.3 is 4.90 Å². The Bertz CT molecular complexity index is 1330. The molecule has 3 aromatic rings. The molecule has 38 heavy (non-hydrogen) atoms. The number of carbonyl (C=O) groups excluding carboxylic acids is 1. The number of benzene rings is 2. The highest BCUT2D eigenvalue weighted by molar-refractivity contribution is 7.89. The van der Waals surface area contributed by atoms with Crippen LogP contribution in [0.5, 0.6) is 0 Å². The van der Waals surface area contributed by atoms with Gasteiger partial charge in [-0.25, -0.2) is 13.4 Å². The minimum atomic E-state index is -3.61. The molecule has 1 fully saturated rings. The van der Waals surface area contributed by atoms with E-state index in [1.807, 2.05) is 0 Å². The molecule has 1 aliphatic heterocycles. The largest absolute Gasteiger partial charge is 0.302 e. The van der Waals surface area contributed by atoms with Crippen molar-refractivity contribution in [1.82, 2.24) is 14.2 Å². The van der Waals surface area contributed by atoms with Crippen LogP contribution in [0.4, 0.5) is 5.13 Å². The van der Waals surface area contributed by atoms with Crippen LogP contribution in [0.3, 0.4) is 0 Å². The van der Waals surface area contributed by atoms with Crippen molar-refractivity contribution in [1.29, 1.82) is 0 Å². The monoisotopic (exact) mass is 556 g/mol. The predicted molar refractivity (Wildman–Crippen MR) is 157 cm³/mol. The normalized spacial score (nSPS) is 18.8. The Labute approximate surface area is 231 Å². The first kappa shape index (κ1) is 28.7. The number of aromatic nitrogens is 1. The van der Waals surface area contributed by atoms with Gasteiger partial charge in [0.2, 0.25) is 10.0 Å². The molecule has 2 atom stereocenters. The number of thiazole rings is 1. The van der Waals surface area contributed by atoms with Crippen LogP contribution in [0.15, 0.2) is 41.3 Å². The first-order valence-corrected chi connectivity index (χ1v) is 15.8. The van der Waals surface area contributed by atoms with Gasteiger partial charge in [-0.05, 0) is 92.7 Å². The molecule has 0 aliphatic carbocycles. The van der Waals surface area contributed by atoms with Crippen LogP contribution >= 0.6 is 11.3 Å². The Kier molecular flexibility index (Phi) is 8.92. The number of anilines is 1. The van der Waals surface area contributed by atoms with E-state index in [4.69, 9.17) is 4.98 Å². The van der Waals surface area contributed by atoms with Gasteiger partial charge in [0.15, 0.2) is 5.13 Å². The number of likely N-dealkylation sites (N-methyl/N-ethyl adjacent to an activating group) is 1. The van der Waals surface area contributed by atoms with Gasteiger partial charge in [-0.15, -0.1) is 0 Å². The average molecular weight is 557 g/mol. The summed E-state index contributed by atoms with van der Waals surface area (Å²) < 4.78 is 29.3. The van der Waals surface area contributed by atoms with Gasteiger partial charge >= 0.3 is 0 Å². The molecule has 2 heterocycles. The minimum Gasteiger partial charge on any atom is -0.302 e. The van der Waals surface area contributed by atoms with Crippen LogP contribution in [0.1, 0.15) is 55.6 Å². The molecule has 2 aromatic carbocycles. The van der Waals surface area contributed by atoms with Crippen LogP contribution in [0.25, 0.3) is 10.2 Å². The second-order valence-corrected chi connectivity index (χ2v) is 13.6. The molecule has 0 radical (unpaired) electrons. The molecule has 0 N–H and O–H groups in total. The fourth-order valence-electron chi connectivity index (χ4n) is 5.22. The number of carbonyl (C=O) groups is 1. The molecular weight excluding hydrogens is 516 g/mol. The molecule has 7 nitrogen and oxygen atoms in total. The zero-order valence-electron chi connectivity index (χ0n) is 23.4. The van der Waals surface area contributed by atoms with Crippen molar-refractivity contribution in [3.8, 4) is 0 Å². The molecule has 0 bridgehead atoms. The summed E-state index contributed by atoms with van der Waals surface area (Å²) in [6, 6.07) is 10.6. The van der Waals surface area contributed by atoms with Crippen molar-refractivity contribution in [2.45, 2.75) is 52.9 Å². The molecule has 0 saturated carbocycles. The fourth-order valence-corrected chi connectivity index (χ4v) is 7.97. The van der Waals surface area contributed by atoms with Crippen LogP contribution in [0, 0.1) is 25.7 Å². The molecule has 9 heteroatoms. The van der Waals surface area contributed by atoms with Crippen LogP contribution in [0.2, 0.25) is 0 Å². The van der Waals surface area contributed by atoms with E-state index in [1.165, 1.54) is 22.5 Å². The predicted octanol–water partition coefficient (Wildman–Crippen LogP) is 5.57. The van der Waals surface area contributed by atoms with E-state index < -0.39 is 10.0 Å². The summed E-state index contributed by atoms with van der Waals surface area (Å²) in [6.07, 6.45) is 1.04. The number of hydrogen-bond donors (Lipinski definition) is 0. The molecule has 206 valence electrons. The second kappa shape index (κ2) is 11.8. The number of nitrogens with zero attached hydrogens (tertiary/aromatic N) is 4. The number of hydrogen-bond acceptors (Lipinski definition) is 6. The van der Waals surface area contributed by atoms with Crippen LogP contribution < -0.4 is 4.90 Å². The Morgan fingerprint density at radius 2 is 1.61 bits per heavy atom. The lowest BCUT2D eigenvalue weighted by molar-refractivity contribution is 0.0983. The van der Waals surface area contributed by atoms with Crippen molar-refractivity contribution < 1.29 is 13.2 Å². The summed E-state index contributed by atoms with van der Waals surface area (Å²) in [7, 11) is -3.61. The van der Waals surface area contributed by atoms with E-state index in [0.717, 1.165) is 36.3 Å². The third-order valence-electron chi connectivity index (χ3n) is 7.58. The third-order valence-corrected chi connectivity index (χ3v) is 10.5. The third kappa shape index (κ3) is 6.11. The van der Waals surface area contributed by atoms with Gasteiger partial charge in [-0.1, -0.05) is 39.0 Å². The summed E-state index contributed by atoms with van der Waals surface area (Å²) in [5.74, 6) is 0.485. The van der Waals surface area contributed by atoms with E-state index in [0.29, 0.717) is 42.2 Å². The summed E-state index contributed by atoms with van der Waals surface area (Å²) in [5.41, 5.74) is 3.71. The molecule has 0 spiro atoms. The number of rotatable bonds is 9. The lowest BCUT2D eigenvalue weighted by Crippen LogP contribution is -2.42. The highest BCUT2D eigenvalue weighted by Crippen LogP contribution is 2.32.